The fourth-order valence-electron chi connectivity index (χ4n) is 26.2. The maximum atomic E-state index is 2.78. The summed E-state index contributed by atoms with van der Waals surface area (Å²) < 4.78 is 11.0. The molecule has 18 aromatic rings. The zero-order valence-electron chi connectivity index (χ0n) is 77.2. The molecule has 8 heterocycles. The van der Waals surface area contributed by atoms with Gasteiger partial charge < -0.3 is 28.1 Å². The average molecular weight is 1650 g/mol. The Bertz CT molecular complexity index is 7980. The van der Waals surface area contributed by atoms with Crippen molar-refractivity contribution in [2.24, 2.45) is 0 Å². The quantitative estimate of drug-likeness (QED) is 0.135. The number of hydrogen-bond acceptors (Lipinski definition) is 2. The topological polar surface area (TPSA) is 26.2 Å². The molecule has 0 N–H and O–H groups in total. The Balaban J connectivity index is 0.674. The Kier molecular flexibility index (Phi) is 14.8. The van der Waals surface area contributed by atoms with Crippen molar-refractivity contribution in [2.45, 2.75) is 181 Å². The van der Waals surface area contributed by atoms with Crippen LogP contribution in [-0.4, -0.2) is 31.7 Å². The van der Waals surface area contributed by atoms with Crippen LogP contribution in [0, 0.1) is 0 Å². The second-order valence-corrected chi connectivity index (χ2v) is 44.6. The molecule has 4 aromatic heterocycles. The first-order valence-corrected chi connectivity index (χ1v) is 46.8. The maximum Gasteiger partial charge on any atom is 0.252 e. The molecule has 0 saturated carbocycles. The van der Waals surface area contributed by atoms with E-state index in [1.54, 1.807) is 0 Å². The van der Waals surface area contributed by atoms with Gasteiger partial charge in [0.2, 0.25) is 0 Å². The highest BCUT2D eigenvalue weighted by atomic mass is 15.2. The van der Waals surface area contributed by atoms with Crippen LogP contribution in [0.5, 0.6) is 0 Å². The molecule has 4 aliphatic carbocycles. The van der Waals surface area contributed by atoms with Gasteiger partial charge in [0.05, 0.1) is 34.2 Å². The summed E-state index contributed by atoms with van der Waals surface area (Å²) in [5, 5.41) is 5.41. The van der Waals surface area contributed by atoms with Gasteiger partial charge in [-0.25, -0.2) is 0 Å². The van der Waals surface area contributed by atoms with Crippen molar-refractivity contribution in [3.05, 3.63) is 357 Å². The van der Waals surface area contributed by atoms with Crippen molar-refractivity contribution in [3.8, 4) is 67.8 Å². The number of aromatic nitrogens is 4. The van der Waals surface area contributed by atoms with Gasteiger partial charge in [-0.1, -0.05) is 332 Å². The van der Waals surface area contributed by atoms with Crippen molar-refractivity contribution in [3.63, 3.8) is 0 Å². The summed E-state index contributed by atoms with van der Waals surface area (Å²) in [6.07, 6.45) is 0.814. The maximum absolute atomic E-state index is 2.78. The average Bonchev–Trinajstić information content (AvgIpc) is 1.48. The molecule has 14 aromatic carbocycles. The molecule has 0 spiro atoms. The van der Waals surface area contributed by atoms with E-state index >= 15 is 0 Å². The van der Waals surface area contributed by atoms with Gasteiger partial charge in [-0.3, -0.25) is 0 Å². The first-order valence-electron chi connectivity index (χ1n) is 46.8. The van der Waals surface area contributed by atoms with E-state index in [0.29, 0.717) is 0 Å². The van der Waals surface area contributed by atoms with E-state index in [-0.39, 0.29) is 56.7 Å². The van der Waals surface area contributed by atoms with Crippen molar-refractivity contribution in [1.82, 2.24) is 18.3 Å². The molecule has 128 heavy (non-hydrogen) atoms. The second kappa shape index (κ2) is 24.8. The minimum absolute atomic E-state index is 0.0206. The van der Waals surface area contributed by atoms with Crippen LogP contribution in [0.1, 0.15) is 204 Å². The van der Waals surface area contributed by atoms with Gasteiger partial charge in [-0.05, 0) is 218 Å². The highest BCUT2D eigenvalue weighted by Crippen LogP contribution is 2.62. The summed E-state index contributed by atoms with van der Waals surface area (Å²) in [5.74, 6) is 0. The summed E-state index contributed by atoms with van der Waals surface area (Å²) in [5.41, 5.74) is 52.1. The molecule has 8 aliphatic rings. The Morgan fingerprint density at radius 2 is 0.555 bits per heavy atom. The van der Waals surface area contributed by atoms with E-state index in [1.807, 2.05) is 0 Å². The Labute approximate surface area is 753 Å². The zero-order valence-corrected chi connectivity index (χ0v) is 77.2. The number of anilines is 6. The summed E-state index contributed by atoms with van der Waals surface area (Å²) in [7, 11) is 0. The van der Waals surface area contributed by atoms with Gasteiger partial charge in [-0.2, -0.15) is 0 Å². The monoisotopic (exact) mass is 1650 g/mol. The first-order chi connectivity index (χ1) is 61.2. The number of nitrogens with zero attached hydrogens (tertiary/aromatic N) is 6. The van der Waals surface area contributed by atoms with Crippen LogP contribution in [0.4, 0.5) is 34.1 Å². The number of para-hydroxylation sites is 3. The van der Waals surface area contributed by atoms with E-state index in [0.717, 1.165) is 40.5 Å². The van der Waals surface area contributed by atoms with E-state index in [9.17, 15) is 0 Å². The number of hydrogen-bond donors (Lipinski definition) is 0. The fraction of sp³-hybridized carbons (Fsp3) is 0.233. The molecule has 0 fully saturated rings. The summed E-state index contributed by atoms with van der Waals surface area (Å²) in [6.45, 7) is 45.9. The number of rotatable bonds is 9. The van der Waals surface area contributed by atoms with E-state index < -0.39 is 0 Å². The first kappa shape index (κ1) is 76.2. The SMILES string of the molecule is CC(C)(C)c1ccc(N(c2ccc(C(C)(C)C)cc2)c2cc3c4c(c2)-n2c5c(c6cc(C(C)(C)Cc7ccc(N(c8ccccc8)c8cc9c%10c(c8)-n8c%11c(c%12cc(C(C)(C)C)cc(c%128)B%10c8cccc%10c%12c(n-9c8%10)-c8ccccc8C%12(C)C)C(C)(C)c8ccccc8-%11)cc7)cc(c62)B4c2cccc4c6c(n-3c24)-c2ccccc2C6(C)C)C(C)(C)c2ccccc2-5)cc1. The largest absolute Gasteiger partial charge is 0.310 e. The summed E-state index contributed by atoms with van der Waals surface area (Å²) in [6, 6.07) is 113. The zero-order chi connectivity index (χ0) is 87.5. The highest BCUT2D eigenvalue weighted by Gasteiger charge is 2.54. The highest BCUT2D eigenvalue weighted by molar-refractivity contribution is 7.01. The third kappa shape index (κ3) is 9.71. The summed E-state index contributed by atoms with van der Waals surface area (Å²) in [4.78, 5) is 5.12. The molecule has 622 valence electrons. The Morgan fingerprint density at radius 3 is 0.906 bits per heavy atom. The second-order valence-electron chi connectivity index (χ2n) is 44.6. The molecule has 26 rings (SSSR count). The third-order valence-corrected chi connectivity index (χ3v) is 32.2. The predicted octanol–water partition coefficient (Wildman–Crippen LogP) is 26.3. The van der Waals surface area contributed by atoms with Crippen molar-refractivity contribution >= 4 is 124 Å². The van der Waals surface area contributed by atoms with Crippen LogP contribution >= 0.6 is 0 Å². The standard InChI is InChI=1S/C120H106B2N6/c1-113(2,3)69-49-55-75(56-50-69)124(76-57-51-70(52-58-76)114(4,5)6)78-65-96-104-98(66-78)128-108-86(102-112(128)82-38-26-30-44-90(82)120(102,18)19)60-72(62-94(108)122(104)92-46-32-40-84-100-110(126(96)106(84)92)80-36-24-28-42-88(80)118(100,14)15)116(10,11)67-68-47-53-74(54-48-68)123(73-33-21-20-22-34-73)77-63-95-103-97(64-77)127-107-85(101-111(127)81-37-25-29-43-89(81)119(101,16)17)59-71(115(7,8)9)61-93(107)121(103)91-45-31-39-83-99-109(125(95)105(83)91)79-35-23-27-41-87(79)117(99,12)13/h20-66H,67H2,1-19H3. The van der Waals surface area contributed by atoms with Crippen LogP contribution in [-0.2, 0) is 49.7 Å². The minimum Gasteiger partial charge on any atom is -0.310 e. The molecule has 4 aliphatic heterocycles. The van der Waals surface area contributed by atoms with E-state index in [1.165, 1.54) is 216 Å². The lowest BCUT2D eigenvalue weighted by atomic mass is 9.34. The van der Waals surface area contributed by atoms with Crippen LogP contribution in [0.15, 0.2) is 285 Å². The molecule has 0 bridgehead atoms. The molecule has 0 saturated heterocycles. The molecule has 6 nitrogen and oxygen atoms in total. The van der Waals surface area contributed by atoms with Crippen molar-refractivity contribution in [2.75, 3.05) is 9.80 Å². The molecule has 0 atom stereocenters. The third-order valence-electron chi connectivity index (χ3n) is 32.2. The van der Waals surface area contributed by atoms with Crippen LogP contribution < -0.4 is 42.6 Å². The van der Waals surface area contributed by atoms with Gasteiger partial charge in [0, 0.05) is 133 Å². The molecule has 0 amide bonds. The van der Waals surface area contributed by atoms with Crippen molar-refractivity contribution < 1.29 is 0 Å². The van der Waals surface area contributed by atoms with E-state index in [4.69, 9.17) is 0 Å². The van der Waals surface area contributed by atoms with Crippen LogP contribution in [0.25, 0.3) is 111 Å². The van der Waals surface area contributed by atoms with Gasteiger partial charge in [-0.15, -0.1) is 0 Å². The lowest BCUT2D eigenvalue weighted by molar-refractivity contribution is 0.523. The smallest absolute Gasteiger partial charge is 0.252 e. The minimum atomic E-state index is -0.354. The molecule has 8 heteroatoms. The lowest BCUT2D eigenvalue weighted by Gasteiger charge is -2.37. The fourth-order valence-corrected chi connectivity index (χ4v) is 26.2. The van der Waals surface area contributed by atoms with Gasteiger partial charge in [0.15, 0.2) is 0 Å². The molecule has 0 unspecified atom stereocenters. The number of benzene rings is 14. The molecular formula is C120H106B2N6. The Morgan fingerprint density at radius 1 is 0.258 bits per heavy atom. The van der Waals surface area contributed by atoms with Crippen LogP contribution in [0.2, 0.25) is 0 Å². The van der Waals surface area contributed by atoms with Gasteiger partial charge in [0.1, 0.15) is 0 Å². The van der Waals surface area contributed by atoms with Gasteiger partial charge in [0.25, 0.3) is 13.4 Å². The van der Waals surface area contributed by atoms with Crippen molar-refractivity contribution in [1.29, 1.82) is 0 Å². The Hall–Kier alpha value is -13.0. The number of fused-ring (bicyclic) bond motifs is 28. The van der Waals surface area contributed by atoms with Gasteiger partial charge >= 0.3 is 0 Å². The van der Waals surface area contributed by atoms with Crippen LogP contribution in [0.3, 0.4) is 0 Å². The van der Waals surface area contributed by atoms with E-state index in [2.05, 4.69) is 445 Å². The molecular weight excluding hydrogens is 1550 g/mol. The normalized spacial score (nSPS) is 15.7. The molecule has 0 radical (unpaired) electrons. The predicted molar refractivity (Wildman–Crippen MR) is 542 cm³/mol. The lowest BCUT2D eigenvalue weighted by Crippen LogP contribution is -2.59. The summed E-state index contributed by atoms with van der Waals surface area (Å²) >= 11 is 0.